The minimum absolute atomic E-state index is 0.136. The van der Waals surface area contributed by atoms with Crippen molar-refractivity contribution in [2.45, 2.75) is 0 Å². The van der Waals surface area contributed by atoms with E-state index in [9.17, 15) is 14.0 Å². The van der Waals surface area contributed by atoms with Crippen LogP contribution in [0.1, 0.15) is 20.7 Å². The van der Waals surface area contributed by atoms with Gasteiger partial charge in [0, 0.05) is 29.1 Å². The van der Waals surface area contributed by atoms with Crippen LogP contribution in [0.15, 0.2) is 42.6 Å². The summed E-state index contributed by atoms with van der Waals surface area (Å²) < 4.78 is 12.9. The van der Waals surface area contributed by atoms with E-state index < -0.39 is 17.8 Å². The minimum Gasteiger partial charge on any atom is -0.366 e. The normalized spacial score (nSPS) is 9.95. The number of pyridine rings is 1. The highest BCUT2D eigenvalue weighted by Gasteiger charge is 2.08. The first-order valence-corrected chi connectivity index (χ1v) is 5.39. The molecule has 0 atom stereocenters. The van der Waals surface area contributed by atoms with Gasteiger partial charge in [-0.3, -0.25) is 9.59 Å². The van der Waals surface area contributed by atoms with E-state index >= 15 is 0 Å². The van der Waals surface area contributed by atoms with Crippen molar-refractivity contribution in [3.8, 4) is 0 Å². The van der Waals surface area contributed by atoms with Gasteiger partial charge in [0.1, 0.15) is 0 Å². The summed E-state index contributed by atoms with van der Waals surface area (Å²) in [6.07, 6.45) is 1.20. The van der Waals surface area contributed by atoms with Crippen molar-refractivity contribution in [2.75, 3.05) is 5.32 Å². The van der Waals surface area contributed by atoms with E-state index in [1.165, 1.54) is 24.4 Å². The first kappa shape index (κ1) is 12.7. The van der Waals surface area contributed by atoms with Gasteiger partial charge in [-0.15, -0.1) is 0 Å². The lowest BCUT2D eigenvalue weighted by atomic mass is 10.2. The summed E-state index contributed by atoms with van der Waals surface area (Å²) in [5, 5.41) is 2.54. The summed E-state index contributed by atoms with van der Waals surface area (Å²) in [5.41, 5.74) is 5.95. The third kappa shape index (κ3) is 3.12. The molecule has 0 radical (unpaired) electrons. The smallest absolute Gasteiger partial charge is 0.255 e. The molecule has 0 bridgehead atoms. The zero-order valence-electron chi connectivity index (χ0n) is 9.76. The maximum absolute atomic E-state index is 12.9. The Hall–Kier alpha value is -2.76. The Morgan fingerprint density at radius 1 is 1.16 bits per heavy atom. The van der Waals surface area contributed by atoms with Crippen molar-refractivity contribution >= 4 is 17.5 Å². The monoisotopic (exact) mass is 259 g/mol. The van der Waals surface area contributed by atoms with Crippen molar-refractivity contribution in [1.29, 1.82) is 0 Å². The average molecular weight is 259 g/mol. The van der Waals surface area contributed by atoms with Gasteiger partial charge >= 0.3 is 0 Å². The van der Waals surface area contributed by atoms with E-state index in [2.05, 4.69) is 10.3 Å². The van der Waals surface area contributed by atoms with Crippen LogP contribution in [0, 0.1) is 5.95 Å². The summed E-state index contributed by atoms with van der Waals surface area (Å²) in [7, 11) is 0. The molecular formula is C13H10FN3O2. The molecular weight excluding hydrogens is 249 g/mol. The largest absolute Gasteiger partial charge is 0.366 e. The lowest BCUT2D eigenvalue weighted by Crippen LogP contribution is -2.14. The van der Waals surface area contributed by atoms with Gasteiger partial charge in [-0.1, -0.05) is 6.07 Å². The molecule has 1 aromatic carbocycles. The molecule has 0 fully saturated rings. The fourth-order valence-electron chi connectivity index (χ4n) is 1.50. The number of amides is 2. The van der Waals surface area contributed by atoms with Gasteiger partial charge in [-0.25, -0.2) is 4.98 Å². The van der Waals surface area contributed by atoms with Crippen molar-refractivity contribution in [1.82, 2.24) is 4.98 Å². The van der Waals surface area contributed by atoms with E-state index in [-0.39, 0.29) is 11.1 Å². The maximum Gasteiger partial charge on any atom is 0.255 e. The molecule has 1 aromatic heterocycles. The van der Waals surface area contributed by atoms with Crippen molar-refractivity contribution in [3.63, 3.8) is 0 Å². The number of nitrogens with zero attached hydrogens (tertiary/aromatic N) is 1. The molecule has 5 nitrogen and oxygen atoms in total. The predicted molar refractivity (Wildman–Crippen MR) is 67.1 cm³/mol. The Kier molecular flexibility index (Phi) is 3.51. The van der Waals surface area contributed by atoms with E-state index in [1.807, 2.05) is 0 Å². The second kappa shape index (κ2) is 5.26. The first-order valence-electron chi connectivity index (χ1n) is 5.39. The van der Waals surface area contributed by atoms with Crippen LogP contribution in [0.4, 0.5) is 10.1 Å². The summed E-state index contributed by atoms with van der Waals surface area (Å²) >= 11 is 0. The summed E-state index contributed by atoms with van der Waals surface area (Å²) in [6, 6.07) is 8.57. The number of nitrogens with two attached hydrogens (primary N) is 1. The molecule has 0 aliphatic heterocycles. The Labute approximate surface area is 108 Å². The van der Waals surface area contributed by atoms with Gasteiger partial charge in [0.2, 0.25) is 11.9 Å². The molecule has 96 valence electrons. The molecule has 2 amide bonds. The molecule has 19 heavy (non-hydrogen) atoms. The van der Waals surface area contributed by atoms with E-state index in [4.69, 9.17) is 5.73 Å². The fourth-order valence-corrected chi connectivity index (χ4v) is 1.50. The summed E-state index contributed by atoms with van der Waals surface area (Å²) in [4.78, 5) is 26.2. The molecule has 0 spiro atoms. The van der Waals surface area contributed by atoms with Crippen molar-refractivity contribution < 1.29 is 14.0 Å². The number of benzene rings is 1. The molecule has 0 aliphatic rings. The molecule has 0 saturated carbocycles. The highest BCUT2D eigenvalue weighted by atomic mass is 19.1. The van der Waals surface area contributed by atoms with Crippen molar-refractivity contribution in [2.24, 2.45) is 5.73 Å². The van der Waals surface area contributed by atoms with Gasteiger partial charge in [0.25, 0.3) is 5.91 Å². The molecule has 0 saturated heterocycles. The molecule has 0 aliphatic carbocycles. The van der Waals surface area contributed by atoms with E-state index in [0.717, 1.165) is 6.07 Å². The highest BCUT2D eigenvalue weighted by Crippen LogP contribution is 2.12. The van der Waals surface area contributed by atoms with Crippen LogP contribution >= 0.6 is 0 Å². The Morgan fingerprint density at radius 2 is 1.95 bits per heavy atom. The maximum atomic E-state index is 12.9. The van der Waals surface area contributed by atoms with E-state index in [0.29, 0.717) is 5.69 Å². The summed E-state index contributed by atoms with van der Waals surface area (Å²) in [5.74, 6) is -1.83. The van der Waals surface area contributed by atoms with Gasteiger partial charge in [-0.05, 0) is 24.3 Å². The number of aromatic nitrogens is 1. The lowest BCUT2D eigenvalue weighted by Gasteiger charge is -2.06. The van der Waals surface area contributed by atoms with Gasteiger partial charge in [0.15, 0.2) is 0 Å². The Morgan fingerprint density at radius 3 is 2.63 bits per heavy atom. The topological polar surface area (TPSA) is 85.1 Å². The predicted octanol–water partition coefficient (Wildman–Crippen LogP) is 1.57. The second-order valence-corrected chi connectivity index (χ2v) is 3.77. The number of hydrogen-bond acceptors (Lipinski definition) is 3. The number of carbonyl (C=O) groups excluding carboxylic acids is 2. The standard InChI is InChI=1S/C13H10FN3O2/c14-11-7-9(4-5-16-11)13(19)17-10-3-1-2-8(6-10)12(15)18/h1-7H,(H2,15,18)(H,17,19). The Balaban J connectivity index is 2.19. The molecule has 6 heteroatoms. The van der Waals surface area contributed by atoms with Gasteiger partial charge < -0.3 is 11.1 Å². The van der Waals surface area contributed by atoms with Crippen LogP contribution in [-0.4, -0.2) is 16.8 Å². The highest BCUT2D eigenvalue weighted by molar-refractivity contribution is 6.04. The number of nitrogens with one attached hydrogen (secondary N) is 1. The third-order valence-electron chi connectivity index (χ3n) is 2.39. The number of primary amides is 1. The number of rotatable bonds is 3. The first-order chi connectivity index (χ1) is 9.06. The molecule has 1 heterocycles. The van der Waals surface area contributed by atoms with Gasteiger partial charge in [0.05, 0.1) is 0 Å². The fraction of sp³-hybridized carbons (Fsp3) is 0. The lowest BCUT2D eigenvalue weighted by molar-refractivity contribution is 0.0996. The zero-order valence-corrected chi connectivity index (χ0v) is 9.76. The van der Waals surface area contributed by atoms with Crippen LogP contribution in [0.5, 0.6) is 0 Å². The van der Waals surface area contributed by atoms with Crippen LogP contribution < -0.4 is 11.1 Å². The number of anilines is 1. The Bertz CT molecular complexity index is 643. The van der Waals surface area contributed by atoms with Crippen LogP contribution in [0.2, 0.25) is 0 Å². The molecule has 0 unspecified atom stereocenters. The van der Waals surface area contributed by atoms with Crippen LogP contribution in [-0.2, 0) is 0 Å². The molecule has 2 aromatic rings. The van der Waals surface area contributed by atoms with E-state index in [1.54, 1.807) is 12.1 Å². The minimum atomic E-state index is -0.737. The molecule has 3 N–H and O–H groups in total. The van der Waals surface area contributed by atoms with Crippen LogP contribution in [0.25, 0.3) is 0 Å². The zero-order chi connectivity index (χ0) is 13.8. The van der Waals surface area contributed by atoms with Gasteiger partial charge in [-0.2, -0.15) is 4.39 Å². The number of halogens is 1. The second-order valence-electron chi connectivity index (χ2n) is 3.77. The van der Waals surface area contributed by atoms with Crippen LogP contribution in [0.3, 0.4) is 0 Å². The SMILES string of the molecule is NC(=O)c1cccc(NC(=O)c2ccnc(F)c2)c1. The molecule has 2 rings (SSSR count). The third-order valence-corrected chi connectivity index (χ3v) is 2.39. The summed E-state index contributed by atoms with van der Waals surface area (Å²) in [6.45, 7) is 0. The quantitative estimate of drug-likeness (QED) is 0.820. The number of carbonyl (C=O) groups is 2. The van der Waals surface area contributed by atoms with Crippen molar-refractivity contribution in [3.05, 3.63) is 59.7 Å². The number of hydrogen-bond donors (Lipinski definition) is 2. The average Bonchev–Trinajstić information content (AvgIpc) is 2.39.